The van der Waals surface area contributed by atoms with E-state index < -0.39 is 6.10 Å². The zero-order valence-electron chi connectivity index (χ0n) is 14.6. The molecule has 5 nitrogen and oxygen atoms in total. The number of rotatable bonds is 4. The fourth-order valence-corrected chi connectivity index (χ4v) is 4.63. The molecule has 2 aliphatic heterocycles. The van der Waals surface area contributed by atoms with Crippen LogP contribution in [0.25, 0.3) is 0 Å². The van der Waals surface area contributed by atoms with Crippen molar-refractivity contribution in [2.24, 2.45) is 5.92 Å². The first-order chi connectivity index (χ1) is 12.1. The van der Waals surface area contributed by atoms with Crippen LogP contribution in [0.5, 0.6) is 0 Å². The number of para-hydroxylation sites is 1. The molecule has 3 aliphatic rings. The minimum Gasteiger partial charge on any atom is -0.392 e. The van der Waals surface area contributed by atoms with Gasteiger partial charge in [0.25, 0.3) is 0 Å². The van der Waals surface area contributed by atoms with Crippen molar-refractivity contribution < 1.29 is 14.7 Å². The maximum atomic E-state index is 13.0. The molecule has 3 atom stereocenters. The number of aliphatic hydroxyl groups is 1. The number of fused-ring (bicyclic) bond motifs is 1. The summed E-state index contributed by atoms with van der Waals surface area (Å²) >= 11 is 0. The maximum Gasteiger partial charge on any atom is 0.232 e. The van der Waals surface area contributed by atoms with Gasteiger partial charge in [-0.1, -0.05) is 18.2 Å². The van der Waals surface area contributed by atoms with E-state index >= 15 is 0 Å². The van der Waals surface area contributed by atoms with Gasteiger partial charge in [0.15, 0.2) is 0 Å². The number of anilines is 1. The van der Waals surface area contributed by atoms with E-state index in [-0.39, 0.29) is 23.7 Å². The van der Waals surface area contributed by atoms with Crippen LogP contribution in [0, 0.1) is 5.92 Å². The number of amides is 2. The number of hydrogen-bond donors (Lipinski definition) is 1. The van der Waals surface area contributed by atoms with E-state index in [0.717, 1.165) is 50.9 Å². The van der Waals surface area contributed by atoms with Crippen LogP contribution in [-0.2, 0) is 9.59 Å². The van der Waals surface area contributed by atoms with Gasteiger partial charge < -0.3 is 14.9 Å². The molecule has 1 saturated heterocycles. The van der Waals surface area contributed by atoms with Gasteiger partial charge in [0.05, 0.1) is 12.0 Å². The Morgan fingerprint density at radius 3 is 2.76 bits per heavy atom. The third-order valence-corrected chi connectivity index (χ3v) is 6.05. The van der Waals surface area contributed by atoms with Crippen molar-refractivity contribution in [1.29, 1.82) is 0 Å². The molecule has 0 aromatic heterocycles. The van der Waals surface area contributed by atoms with E-state index in [1.54, 1.807) is 0 Å². The lowest BCUT2D eigenvalue weighted by molar-refractivity contribution is -0.128. The van der Waals surface area contributed by atoms with Crippen molar-refractivity contribution in [3.8, 4) is 0 Å². The molecule has 134 valence electrons. The summed E-state index contributed by atoms with van der Waals surface area (Å²) in [7, 11) is 0. The Morgan fingerprint density at radius 2 is 2.04 bits per heavy atom. The molecule has 1 N–H and O–H groups in total. The lowest BCUT2D eigenvalue weighted by atomic mass is 9.98. The van der Waals surface area contributed by atoms with Crippen molar-refractivity contribution in [3.63, 3.8) is 0 Å². The largest absolute Gasteiger partial charge is 0.392 e. The van der Waals surface area contributed by atoms with Gasteiger partial charge in [0.2, 0.25) is 11.8 Å². The molecule has 1 saturated carbocycles. The van der Waals surface area contributed by atoms with Gasteiger partial charge in [0.1, 0.15) is 0 Å². The number of nitrogens with zero attached hydrogens (tertiary/aromatic N) is 2. The molecule has 1 aromatic rings. The molecular weight excluding hydrogens is 316 g/mol. The van der Waals surface area contributed by atoms with E-state index in [1.807, 2.05) is 28.0 Å². The second kappa shape index (κ2) is 6.79. The van der Waals surface area contributed by atoms with Crippen LogP contribution in [0.4, 0.5) is 5.69 Å². The van der Waals surface area contributed by atoms with Crippen LogP contribution in [-0.4, -0.2) is 47.6 Å². The molecule has 25 heavy (non-hydrogen) atoms. The average molecular weight is 342 g/mol. The third kappa shape index (κ3) is 3.06. The van der Waals surface area contributed by atoms with Crippen LogP contribution in [0.1, 0.15) is 50.0 Å². The Hall–Kier alpha value is -1.88. The monoisotopic (exact) mass is 342 g/mol. The van der Waals surface area contributed by atoms with Crippen molar-refractivity contribution in [2.45, 2.75) is 50.5 Å². The number of carbonyl (C=O) groups excluding carboxylic acids is 2. The Kier molecular flexibility index (Phi) is 4.50. The van der Waals surface area contributed by atoms with Crippen LogP contribution >= 0.6 is 0 Å². The molecule has 2 amide bonds. The van der Waals surface area contributed by atoms with Gasteiger partial charge in [-0.3, -0.25) is 9.59 Å². The highest BCUT2D eigenvalue weighted by atomic mass is 16.3. The second-order valence-electron chi connectivity index (χ2n) is 7.58. The fourth-order valence-electron chi connectivity index (χ4n) is 4.63. The summed E-state index contributed by atoms with van der Waals surface area (Å²) in [6.45, 7) is 2.31. The van der Waals surface area contributed by atoms with Crippen molar-refractivity contribution >= 4 is 17.5 Å². The zero-order valence-corrected chi connectivity index (χ0v) is 14.6. The number of aliphatic hydroxyl groups excluding tert-OH is 1. The van der Waals surface area contributed by atoms with Crippen molar-refractivity contribution in [1.82, 2.24) is 4.90 Å². The minimum absolute atomic E-state index is 0.0669. The minimum atomic E-state index is -0.499. The fraction of sp³-hybridized carbons (Fsp3) is 0.600. The highest BCUT2D eigenvalue weighted by molar-refractivity contribution is 5.97. The van der Waals surface area contributed by atoms with Gasteiger partial charge in [-0.15, -0.1) is 0 Å². The molecule has 1 aliphatic carbocycles. The van der Waals surface area contributed by atoms with Gasteiger partial charge in [-0.2, -0.15) is 0 Å². The van der Waals surface area contributed by atoms with E-state index in [4.69, 9.17) is 0 Å². The van der Waals surface area contributed by atoms with Crippen LogP contribution < -0.4 is 4.90 Å². The Labute approximate surface area is 148 Å². The van der Waals surface area contributed by atoms with Crippen LogP contribution in [0.3, 0.4) is 0 Å². The molecule has 1 aromatic carbocycles. The molecule has 0 spiro atoms. The van der Waals surface area contributed by atoms with E-state index in [2.05, 4.69) is 6.07 Å². The molecule has 0 bridgehead atoms. The van der Waals surface area contributed by atoms with E-state index in [1.165, 1.54) is 5.56 Å². The first-order valence-corrected chi connectivity index (χ1v) is 9.51. The highest BCUT2D eigenvalue weighted by Crippen LogP contribution is 2.40. The van der Waals surface area contributed by atoms with Gasteiger partial charge in [-0.25, -0.2) is 0 Å². The van der Waals surface area contributed by atoms with Crippen LogP contribution in [0.2, 0.25) is 0 Å². The molecule has 4 rings (SSSR count). The molecule has 0 radical (unpaired) electrons. The molecular formula is C20H26N2O3. The Morgan fingerprint density at radius 1 is 1.20 bits per heavy atom. The van der Waals surface area contributed by atoms with Gasteiger partial charge in [0, 0.05) is 37.7 Å². The lowest BCUT2D eigenvalue weighted by Gasteiger charge is -2.24. The SMILES string of the molecule is O=C1CCCN1CCC1CN(C(=O)C2CCCC2O)c2ccccc21. The summed E-state index contributed by atoms with van der Waals surface area (Å²) in [6, 6.07) is 8.10. The predicted molar refractivity (Wildman–Crippen MR) is 95.3 cm³/mol. The Balaban J connectivity index is 1.49. The number of likely N-dealkylation sites (tertiary alicyclic amines) is 1. The highest BCUT2D eigenvalue weighted by Gasteiger charge is 2.39. The lowest BCUT2D eigenvalue weighted by Crippen LogP contribution is -2.38. The third-order valence-electron chi connectivity index (χ3n) is 6.05. The standard InChI is InChI=1S/C20H26N2O3/c23-18-8-3-6-16(18)20(25)22-13-14(15-5-1-2-7-17(15)22)10-12-21-11-4-9-19(21)24/h1-2,5,7,14,16,18,23H,3-4,6,8-13H2. The molecule has 2 fully saturated rings. The topological polar surface area (TPSA) is 60.9 Å². The normalized spacial score (nSPS) is 28.7. The molecule has 3 unspecified atom stereocenters. The quantitative estimate of drug-likeness (QED) is 0.913. The first kappa shape index (κ1) is 16.6. The van der Waals surface area contributed by atoms with Crippen molar-refractivity contribution in [3.05, 3.63) is 29.8 Å². The summed E-state index contributed by atoms with van der Waals surface area (Å²) in [5.41, 5.74) is 2.19. The number of carbonyl (C=O) groups is 2. The molecule has 2 heterocycles. The predicted octanol–water partition coefficient (Wildman–Crippen LogP) is 2.29. The zero-order chi connectivity index (χ0) is 17.4. The van der Waals surface area contributed by atoms with Gasteiger partial charge >= 0.3 is 0 Å². The summed E-state index contributed by atoms with van der Waals surface area (Å²) in [5.74, 6) is 0.338. The summed E-state index contributed by atoms with van der Waals surface area (Å²) in [4.78, 5) is 28.7. The summed E-state index contributed by atoms with van der Waals surface area (Å²) in [6.07, 6.45) is 4.46. The van der Waals surface area contributed by atoms with E-state index in [9.17, 15) is 14.7 Å². The van der Waals surface area contributed by atoms with E-state index in [0.29, 0.717) is 13.0 Å². The number of hydrogen-bond acceptors (Lipinski definition) is 3. The average Bonchev–Trinajstić information content (AvgIpc) is 3.31. The first-order valence-electron chi connectivity index (χ1n) is 9.51. The maximum absolute atomic E-state index is 13.0. The second-order valence-corrected chi connectivity index (χ2v) is 7.58. The number of benzene rings is 1. The smallest absolute Gasteiger partial charge is 0.232 e. The Bertz CT molecular complexity index is 675. The van der Waals surface area contributed by atoms with Crippen LogP contribution in [0.15, 0.2) is 24.3 Å². The molecule has 5 heteroatoms. The van der Waals surface area contributed by atoms with Crippen molar-refractivity contribution in [2.75, 3.05) is 24.5 Å². The summed E-state index contributed by atoms with van der Waals surface area (Å²) < 4.78 is 0. The summed E-state index contributed by atoms with van der Waals surface area (Å²) in [5, 5.41) is 10.1. The van der Waals surface area contributed by atoms with Gasteiger partial charge in [-0.05, 0) is 43.7 Å².